The minimum atomic E-state index is -3.99. The Morgan fingerprint density at radius 1 is 0.750 bits per heavy atom. The minimum absolute atomic E-state index is 0.00138. The molecule has 1 aliphatic heterocycles. The summed E-state index contributed by atoms with van der Waals surface area (Å²) in [6.07, 6.45) is 2.45. The van der Waals surface area contributed by atoms with E-state index in [0.717, 1.165) is 0 Å². The Bertz CT molecular complexity index is 1800. The summed E-state index contributed by atoms with van der Waals surface area (Å²) < 4.78 is 1.40. The van der Waals surface area contributed by atoms with E-state index in [-0.39, 0.29) is 9.04 Å². The maximum absolute atomic E-state index is 7.88. The molecule has 2 aliphatic rings. The molecule has 0 radical (unpaired) electrons. The summed E-state index contributed by atoms with van der Waals surface area (Å²) in [5.74, 6) is 0. The Morgan fingerprint density at radius 2 is 1.36 bits per heavy atom. The average Bonchev–Trinajstić information content (AvgIpc) is 3.47. The first kappa shape index (κ1) is 32.7. The predicted octanol–water partition coefficient (Wildman–Crippen LogP) is 8.09. The van der Waals surface area contributed by atoms with Gasteiger partial charge < -0.3 is 0 Å². The van der Waals surface area contributed by atoms with Gasteiger partial charge in [-0.3, -0.25) is 0 Å². The predicted molar refractivity (Wildman–Crippen MR) is 204 cm³/mol. The summed E-state index contributed by atoms with van der Waals surface area (Å²) in [4.78, 5) is 0. The summed E-state index contributed by atoms with van der Waals surface area (Å²) in [7, 11) is 12.0. The van der Waals surface area contributed by atoms with Crippen LogP contribution in [0.5, 0.6) is 0 Å². The van der Waals surface area contributed by atoms with Crippen LogP contribution in [-0.4, -0.2) is 25.7 Å². The van der Waals surface area contributed by atoms with Crippen molar-refractivity contribution >= 4 is 72.8 Å². The van der Waals surface area contributed by atoms with Crippen LogP contribution in [0.3, 0.4) is 0 Å². The zero-order valence-electron chi connectivity index (χ0n) is 28.0. The molecule has 1 atom stereocenters. The molecule has 0 amide bonds. The van der Waals surface area contributed by atoms with Crippen LogP contribution in [0.4, 0.5) is 0 Å². The summed E-state index contributed by atoms with van der Waals surface area (Å²) in [6.45, 7) is 24.2. The molecule has 4 aromatic rings. The topological polar surface area (TPSA) is 0 Å². The SMILES string of the molecule is CC1=Cc2c(ccc(C(C)(C)C)c2-c2cc([Si](C)(C)C)cc([Si](C)(C)C)c2)[CH]1[Zr]([Cl])([Cl])[c]1cccc2c1[SiH2]c1ccccc1-2. The molecule has 1 unspecified atom stereocenters. The van der Waals surface area contributed by atoms with Crippen LogP contribution in [0.2, 0.25) is 39.3 Å². The van der Waals surface area contributed by atoms with E-state index >= 15 is 0 Å². The van der Waals surface area contributed by atoms with Crippen molar-refractivity contribution in [2.45, 2.75) is 76.0 Å². The van der Waals surface area contributed by atoms with Crippen LogP contribution in [0.15, 0.2) is 78.4 Å². The van der Waals surface area contributed by atoms with Crippen molar-refractivity contribution in [3.8, 4) is 22.3 Å². The van der Waals surface area contributed by atoms with Gasteiger partial charge in [-0.1, -0.05) is 0 Å². The normalized spacial score (nSPS) is 17.0. The van der Waals surface area contributed by atoms with Crippen molar-refractivity contribution in [3.05, 3.63) is 95.1 Å². The van der Waals surface area contributed by atoms with Gasteiger partial charge >= 0.3 is 284 Å². The fourth-order valence-corrected chi connectivity index (χ4v) is 26.9. The van der Waals surface area contributed by atoms with Gasteiger partial charge in [0.05, 0.1) is 0 Å². The van der Waals surface area contributed by atoms with Gasteiger partial charge in [0.1, 0.15) is 0 Å². The van der Waals surface area contributed by atoms with E-state index in [1.54, 1.807) is 10.4 Å². The molecule has 0 saturated heterocycles. The number of hydrogen-bond donors (Lipinski definition) is 0. The molecule has 1 heterocycles. The molecule has 0 spiro atoms. The summed E-state index contributed by atoms with van der Waals surface area (Å²) in [6, 6.07) is 28.1. The molecule has 6 rings (SSSR count). The van der Waals surface area contributed by atoms with Crippen LogP contribution in [0.1, 0.15) is 48.0 Å². The van der Waals surface area contributed by atoms with E-state index in [2.05, 4.69) is 146 Å². The van der Waals surface area contributed by atoms with Crippen LogP contribution in [0.25, 0.3) is 28.3 Å². The number of rotatable bonds is 5. The van der Waals surface area contributed by atoms with Crippen molar-refractivity contribution < 1.29 is 17.9 Å². The Labute approximate surface area is 281 Å². The molecule has 0 aromatic heterocycles. The van der Waals surface area contributed by atoms with E-state index in [0.29, 0.717) is 0 Å². The van der Waals surface area contributed by atoms with Gasteiger partial charge in [0.2, 0.25) is 0 Å². The number of halogens is 2. The Balaban J connectivity index is 1.57. The van der Waals surface area contributed by atoms with E-state index in [9.17, 15) is 0 Å². The standard InChI is InChI=1S/C26H37Si2.C12H9Si.2ClH.Zr/c1-18-13-19-11-12-24(26(2,3)4)25(23(19)14-18)20-15-21(27(5,6)7)17-22(16-20)28(8,9)10;1-3-7-11-9(5-1)10-6-2-4-8-12(10)13-11;;;/h11-17H,1-10H3;1-7H,13H2;2*1H;/q;;;;+2/p-2. The van der Waals surface area contributed by atoms with Crippen molar-refractivity contribution in [2.75, 3.05) is 0 Å². The second-order valence-corrected chi connectivity index (χ2v) is 42.1. The maximum atomic E-state index is 7.88. The van der Waals surface area contributed by atoms with Crippen LogP contribution >= 0.6 is 17.0 Å². The molecule has 0 N–H and O–H groups in total. The fourth-order valence-electron chi connectivity index (χ4n) is 7.28. The number of hydrogen-bond acceptors (Lipinski definition) is 0. The van der Waals surface area contributed by atoms with Gasteiger partial charge in [-0.05, 0) is 0 Å². The average molecular weight is 749 g/mol. The van der Waals surface area contributed by atoms with Crippen molar-refractivity contribution in [1.82, 2.24) is 0 Å². The van der Waals surface area contributed by atoms with Crippen molar-refractivity contribution in [2.24, 2.45) is 0 Å². The quantitative estimate of drug-likeness (QED) is 0.160. The molecule has 4 aromatic carbocycles. The zero-order chi connectivity index (χ0) is 32.0. The Kier molecular flexibility index (Phi) is 8.29. The summed E-state index contributed by atoms with van der Waals surface area (Å²) >= 11 is -3.99. The molecule has 6 heteroatoms. The molecule has 44 heavy (non-hydrogen) atoms. The molecule has 228 valence electrons. The summed E-state index contributed by atoms with van der Waals surface area (Å²) in [5, 5.41) is 6.10. The van der Waals surface area contributed by atoms with Crippen LogP contribution < -0.4 is 24.0 Å². The number of benzene rings is 4. The second kappa shape index (κ2) is 11.2. The third-order valence-electron chi connectivity index (χ3n) is 9.75. The van der Waals surface area contributed by atoms with Gasteiger partial charge in [-0.15, -0.1) is 0 Å². The molecule has 0 nitrogen and oxygen atoms in total. The van der Waals surface area contributed by atoms with E-state index < -0.39 is 43.5 Å². The van der Waals surface area contributed by atoms with E-state index in [4.69, 9.17) is 17.0 Å². The second-order valence-electron chi connectivity index (χ2n) is 16.2. The molecule has 0 bridgehead atoms. The van der Waals surface area contributed by atoms with E-state index in [1.165, 1.54) is 58.2 Å². The first-order valence-corrected chi connectivity index (χ1v) is 33.4. The zero-order valence-corrected chi connectivity index (χ0v) is 35.4. The van der Waals surface area contributed by atoms with Gasteiger partial charge in [0, 0.05) is 0 Å². The van der Waals surface area contributed by atoms with Gasteiger partial charge in [0.25, 0.3) is 0 Å². The third-order valence-corrected chi connectivity index (χ3v) is 28.3. The first-order chi connectivity index (χ1) is 20.4. The van der Waals surface area contributed by atoms with Gasteiger partial charge in [-0.25, -0.2) is 0 Å². The monoisotopic (exact) mass is 746 g/mol. The van der Waals surface area contributed by atoms with Crippen LogP contribution in [-0.2, 0) is 23.3 Å². The Morgan fingerprint density at radius 3 is 1.98 bits per heavy atom. The molecular formula is C38H46Cl2Si3Zr. The van der Waals surface area contributed by atoms with Gasteiger partial charge in [-0.2, -0.15) is 0 Å². The number of allylic oxidation sites excluding steroid dienone is 1. The molecule has 1 aliphatic carbocycles. The molecular weight excluding hydrogens is 703 g/mol. The molecule has 0 saturated carbocycles. The first-order valence-electron chi connectivity index (χ1n) is 16.0. The molecule has 0 fully saturated rings. The van der Waals surface area contributed by atoms with Crippen molar-refractivity contribution in [1.29, 1.82) is 0 Å². The van der Waals surface area contributed by atoms with Gasteiger partial charge in [0.15, 0.2) is 0 Å². The van der Waals surface area contributed by atoms with Crippen molar-refractivity contribution in [3.63, 3.8) is 0 Å². The fraction of sp³-hybridized carbons (Fsp3) is 0.316. The summed E-state index contributed by atoms with van der Waals surface area (Å²) in [5.41, 5.74) is 11.0. The van der Waals surface area contributed by atoms with Crippen LogP contribution in [0, 0.1) is 0 Å². The van der Waals surface area contributed by atoms with E-state index in [1.807, 2.05) is 0 Å². The Hall–Kier alpha value is -1.27. The third kappa shape index (κ3) is 5.65. The number of fused-ring (bicyclic) bond motifs is 4.